The Bertz CT molecular complexity index is 1030. The topological polar surface area (TPSA) is 99.8 Å². The number of nitrogens with zero attached hydrogens (tertiary/aromatic N) is 4. The molecular formula is C20H19N5O2S. The molecule has 28 heavy (non-hydrogen) atoms. The molecule has 2 N–H and O–H groups in total. The van der Waals surface area contributed by atoms with Crippen molar-refractivity contribution in [1.29, 1.82) is 0 Å². The highest BCUT2D eigenvalue weighted by Gasteiger charge is 2.08. The average Bonchev–Trinajstić information content (AvgIpc) is 3.12. The van der Waals surface area contributed by atoms with Gasteiger partial charge >= 0.3 is 0 Å². The van der Waals surface area contributed by atoms with E-state index in [1.54, 1.807) is 12.1 Å². The van der Waals surface area contributed by atoms with E-state index in [4.69, 9.17) is 0 Å². The van der Waals surface area contributed by atoms with Crippen LogP contribution in [-0.4, -0.2) is 21.1 Å². The summed E-state index contributed by atoms with van der Waals surface area (Å²) in [7, 11) is 0. The molecule has 1 aromatic heterocycles. The van der Waals surface area contributed by atoms with E-state index in [1.807, 2.05) is 43.3 Å². The highest BCUT2D eigenvalue weighted by atomic mass is 32.1. The molecule has 3 aromatic rings. The number of azo groups is 1. The molecule has 0 saturated heterocycles. The first-order valence-corrected chi connectivity index (χ1v) is 9.34. The van der Waals surface area contributed by atoms with Gasteiger partial charge in [-0.25, -0.2) is 0 Å². The molecule has 0 unspecified atom stereocenters. The van der Waals surface area contributed by atoms with Crippen LogP contribution in [-0.2, 0) is 4.79 Å². The summed E-state index contributed by atoms with van der Waals surface area (Å²) < 4.78 is 0. The lowest BCUT2D eigenvalue weighted by Crippen LogP contribution is -1.96. The summed E-state index contributed by atoms with van der Waals surface area (Å²) in [4.78, 5) is 11.4. The maximum atomic E-state index is 11.4. The summed E-state index contributed by atoms with van der Waals surface area (Å²) in [5, 5.41) is 30.4. The van der Waals surface area contributed by atoms with Crippen molar-refractivity contribution in [3.63, 3.8) is 0 Å². The molecule has 0 bridgehead atoms. The number of aryl methyl sites for hydroxylation is 1. The smallest absolute Gasteiger partial charge is 0.210 e. The molecule has 0 aliphatic heterocycles. The van der Waals surface area contributed by atoms with Gasteiger partial charge < -0.3 is 10.4 Å². The zero-order valence-electron chi connectivity index (χ0n) is 15.7. The summed E-state index contributed by atoms with van der Waals surface area (Å²) in [5.41, 5.74) is 3.55. The monoisotopic (exact) mass is 393 g/mol. The molecule has 0 amide bonds. The fourth-order valence-corrected chi connectivity index (χ4v) is 3.10. The van der Waals surface area contributed by atoms with Crippen LogP contribution in [0.15, 0.2) is 70.2 Å². The average molecular weight is 393 g/mol. The van der Waals surface area contributed by atoms with Gasteiger partial charge in [-0.1, -0.05) is 29.0 Å². The van der Waals surface area contributed by atoms with Gasteiger partial charge in [0.05, 0.1) is 5.69 Å². The van der Waals surface area contributed by atoms with Crippen LogP contribution in [0.25, 0.3) is 10.6 Å². The Morgan fingerprint density at radius 3 is 2.32 bits per heavy atom. The van der Waals surface area contributed by atoms with E-state index in [2.05, 4.69) is 25.7 Å². The maximum Gasteiger partial charge on any atom is 0.210 e. The van der Waals surface area contributed by atoms with Gasteiger partial charge in [0.2, 0.25) is 5.13 Å². The number of hydrogen-bond acceptors (Lipinski definition) is 8. The van der Waals surface area contributed by atoms with Crippen LogP contribution in [0.4, 0.5) is 16.5 Å². The molecule has 0 radical (unpaired) electrons. The molecular weight excluding hydrogens is 374 g/mol. The van der Waals surface area contributed by atoms with Crippen LogP contribution in [0.5, 0.6) is 0 Å². The van der Waals surface area contributed by atoms with Crippen molar-refractivity contribution in [1.82, 2.24) is 10.2 Å². The number of hydrogen-bond donors (Lipinski definition) is 2. The molecule has 0 fully saturated rings. The maximum absolute atomic E-state index is 11.4. The van der Waals surface area contributed by atoms with Crippen LogP contribution < -0.4 is 5.32 Å². The number of benzene rings is 2. The number of aliphatic hydroxyl groups is 1. The lowest BCUT2D eigenvalue weighted by atomic mass is 10.2. The van der Waals surface area contributed by atoms with E-state index in [0.29, 0.717) is 10.8 Å². The number of rotatable bonds is 6. The summed E-state index contributed by atoms with van der Waals surface area (Å²) in [6.45, 7) is 4.77. The molecule has 0 atom stereocenters. The largest absolute Gasteiger partial charge is 0.510 e. The van der Waals surface area contributed by atoms with Crippen LogP contribution in [0.1, 0.15) is 19.4 Å². The molecule has 0 aliphatic carbocycles. The van der Waals surface area contributed by atoms with Gasteiger partial charge in [-0.05, 0) is 50.2 Å². The van der Waals surface area contributed by atoms with E-state index in [9.17, 15) is 9.90 Å². The zero-order chi connectivity index (χ0) is 20.1. The summed E-state index contributed by atoms with van der Waals surface area (Å²) in [6, 6.07) is 15.3. The first kappa shape index (κ1) is 19.4. The summed E-state index contributed by atoms with van der Waals surface area (Å²) in [5.74, 6) is -0.502. The summed E-state index contributed by atoms with van der Waals surface area (Å²) >= 11 is 1.44. The number of nitrogens with one attached hydrogen (secondary N) is 1. The number of carbonyl (C=O) groups is 1. The van der Waals surface area contributed by atoms with Crippen LogP contribution in [0.3, 0.4) is 0 Å². The van der Waals surface area contributed by atoms with Crippen molar-refractivity contribution in [3.8, 4) is 10.6 Å². The van der Waals surface area contributed by atoms with Crippen molar-refractivity contribution in [2.45, 2.75) is 20.8 Å². The van der Waals surface area contributed by atoms with Gasteiger partial charge in [0, 0.05) is 18.2 Å². The van der Waals surface area contributed by atoms with Gasteiger partial charge in [-0.2, -0.15) is 5.11 Å². The highest BCUT2D eigenvalue weighted by molar-refractivity contribution is 7.18. The lowest BCUT2D eigenvalue weighted by Gasteiger charge is -2.01. The first-order valence-electron chi connectivity index (χ1n) is 8.52. The van der Waals surface area contributed by atoms with E-state index in [-0.39, 0.29) is 17.2 Å². The van der Waals surface area contributed by atoms with Gasteiger partial charge in [-0.15, -0.1) is 15.3 Å². The third kappa shape index (κ3) is 4.86. The van der Waals surface area contributed by atoms with Crippen molar-refractivity contribution < 1.29 is 9.90 Å². The number of carbonyl (C=O) groups excluding carboxylic acids is 1. The Kier molecular flexibility index (Phi) is 5.90. The Morgan fingerprint density at radius 1 is 1.04 bits per heavy atom. The van der Waals surface area contributed by atoms with Gasteiger partial charge in [0.15, 0.2) is 11.5 Å². The second kappa shape index (κ2) is 8.53. The first-order chi connectivity index (χ1) is 13.4. The minimum absolute atomic E-state index is 0.0555. The molecule has 0 spiro atoms. The number of allylic oxidation sites excluding steroid dienone is 2. The Hall–Kier alpha value is -3.39. The Morgan fingerprint density at radius 2 is 1.71 bits per heavy atom. The van der Waals surface area contributed by atoms with Crippen molar-refractivity contribution in [3.05, 3.63) is 65.6 Å². The van der Waals surface area contributed by atoms with Gasteiger partial charge in [0.1, 0.15) is 10.8 Å². The van der Waals surface area contributed by atoms with Crippen molar-refractivity contribution in [2.24, 2.45) is 10.2 Å². The molecule has 2 aromatic carbocycles. The number of ketones is 1. The summed E-state index contributed by atoms with van der Waals surface area (Å²) in [6.07, 6.45) is 0. The zero-order valence-corrected chi connectivity index (χ0v) is 16.5. The number of anilines is 2. The fourth-order valence-electron chi connectivity index (χ4n) is 2.33. The predicted molar refractivity (Wildman–Crippen MR) is 110 cm³/mol. The minimum Gasteiger partial charge on any atom is -0.510 e. The lowest BCUT2D eigenvalue weighted by molar-refractivity contribution is -0.113. The third-order valence-electron chi connectivity index (χ3n) is 3.78. The van der Waals surface area contributed by atoms with Gasteiger partial charge in [0.25, 0.3) is 0 Å². The number of aliphatic hydroxyl groups excluding tert-OH is 1. The van der Waals surface area contributed by atoms with E-state index in [0.717, 1.165) is 16.3 Å². The molecule has 3 rings (SSSR count). The predicted octanol–water partition coefficient (Wildman–Crippen LogP) is 5.72. The van der Waals surface area contributed by atoms with Crippen molar-refractivity contribution >= 4 is 33.6 Å². The van der Waals surface area contributed by atoms with Crippen LogP contribution in [0.2, 0.25) is 0 Å². The van der Waals surface area contributed by atoms with Crippen molar-refractivity contribution in [2.75, 3.05) is 5.32 Å². The normalized spacial score (nSPS) is 12.1. The van der Waals surface area contributed by atoms with Crippen LogP contribution in [0, 0.1) is 6.92 Å². The molecule has 8 heteroatoms. The number of Topliss-reactive ketones (excluding diaryl/α,β-unsaturated/α-hetero) is 1. The Balaban J connectivity index is 1.72. The Labute approximate surface area is 166 Å². The molecule has 142 valence electrons. The van der Waals surface area contributed by atoms with E-state index >= 15 is 0 Å². The quantitative estimate of drug-likeness (QED) is 0.317. The SMILES string of the molecule is CC(=O)/C(N=Nc1ccc(-c2nnc(Nc3ccc(C)cc3)s2)cc1)=C(\C)O. The third-order valence-corrected chi connectivity index (χ3v) is 4.67. The minimum atomic E-state index is -0.345. The van der Waals surface area contributed by atoms with E-state index in [1.165, 1.54) is 30.7 Å². The van der Waals surface area contributed by atoms with Crippen LogP contribution >= 0.6 is 11.3 Å². The second-order valence-electron chi connectivity index (χ2n) is 6.14. The standard InChI is InChI=1S/C20H19N5O2S/c1-12-4-8-16(9-5-12)21-20-25-24-19(28-20)15-6-10-17(11-7-15)22-23-18(13(2)26)14(3)27/h4-11,26H,1-3H3,(H,21,25)/b18-13-,23-22?. The second-order valence-corrected chi connectivity index (χ2v) is 7.12. The number of aromatic nitrogens is 2. The molecule has 1 heterocycles. The highest BCUT2D eigenvalue weighted by Crippen LogP contribution is 2.29. The van der Waals surface area contributed by atoms with E-state index < -0.39 is 0 Å². The van der Waals surface area contributed by atoms with Gasteiger partial charge in [-0.3, -0.25) is 4.79 Å². The molecule has 0 saturated carbocycles. The fraction of sp³-hybridized carbons (Fsp3) is 0.150. The molecule has 7 nitrogen and oxygen atoms in total. The molecule has 0 aliphatic rings.